The van der Waals surface area contributed by atoms with Crippen LogP contribution in [0.1, 0.15) is 22.3 Å². The van der Waals surface area contributed by atoms with E-state index in [0.29, 0.717) is 15.9 Å². The van der Waals surface area contributed by atoms with Crippen molar-refractivity contribution in [1.29, 1.82) is 0 Å². The Balaban J connectivity index is 1.87. The molecule has 122 valence electrons. The van der Waals surface area contributed by atoms with E-state index in [1.165, 1.54) is 16.5 Å². The number of anilines is 1. The van der Waals surface area contributed by atoms with Crippen molar-refractivity contribution in [2.45, 2.75) is 20.8 Å². The first-order valence-corrected chi connectivity index (χ1v) is 8.32. The van der Waals surface area contributed by atoms with Gasteiger partial charge in [-0.05, 0) is 61.7 Å². The maximum absolute atomic E-state index is 6.00. The lowest BCUT2D eigenvalue weighted by molar-refractivity contribution is 1.24. The van der Waals surface area contributed by atoms with Crippen molar-refractivity contribution in [2.24, 2.45) is 5.10 Å². The molecule has 0 radical (unpaired) electrons. The van der Waals surface area contributed by atoms with Gasteiger partial charge in [-0.3, -0.25) is 5.43 Å². The molecule has 3 aromatic rings. The molecule has 0 atom stereocenters. The monoisotopic (exact) mass is 357 g/mol. The molecule has 0 aliphatic carbocycles. The van der Waals surface area contributed by atoms with Crippen LogP contribution < -0.4 is 5.43 Å². The second-order valence-corrected chi connectivity index (χ2v) is 6.66. The molecule has 0 bridgehead atoms. The lowest BCUT2D eigenvalue weighted by Gasteiger charge is -2.09. The Morgan fingerprint density at radius 2 is 1.75 bits per heavy atom. The number of hydrogen-bond acceptors (Lipinski definition) is 3. The summed E-state index contributed by atoms with van der Waals surface area (Å²) in [6, 6.07) is 11.7. The number of halogens is 2. The number of nitrogens with one attached hydrogen (secondary N) is 1. The number of benzene rings is 2. The van der Waals surface area contributed by atoms with Crippen molar-refractivity contribution < 1.29 is 0 Å². The van der Waals surface area contributed by atoms with Gasteiger partial charge in [0, 0.05) is 5.39 Å². The predicted molar refractivity (Wildman–Crippen MR) is 104 cm³/mol. The summed E-state index contributed by atoms with van der Waals surface area (Å²) < 4.78 is 0. The van der Waals surface area contributed by atoms with E-state index in [0.717, 1.165) is 16.6 Å². The summed E-state index contributed by atoms with van der Waals surface area (Å²) in [6.45, 7) is 6.25. The van der Waals surface area contributed by atoms with E-state index in [2.05, 4.69) is 48.4 Å². The van der Waals surface area contributed by atoms with E-state index in [9.17, 15) is 0 Å². The number of hydrogen-bond donors (Lipinski definition) is 1. The molecule has 3 nitrogen and oxygen atoms in total. The molecule has 24 heavy (non-hydrogen) atoms. The molecule has 0 spiro atoms. The Morgan fingerprint density at radius 1 is 0.958 bits per heavy atom. The highest BCUT2D eigenvalue weighted by atomic mass is 35.5. The van der Waals surface area contributed by atoms with Crippen molar-refractivity contribution >= 4 is 46.1 Å². The van der Waals surface area contributed by atoms with Crippen LogP contribution in [-0.2, 0) is 0 Å². The van der Waals surface area contributed by atoms with Gasteiger partial charge in [-0.1, -0.05) is 40.9 Å². The van der Waals surface area contributed by atoms with Gasteiger partial charge < -0.3 is 0 Å². The normalized spacial score (nSPS) is 11.4. The van der Waals surface area contributed by atoms with Crippen LogP contribution in [0.5, 0.6) is 0 Å². The fourth-order valence-corrected chi connectivity index (χ4v) is 2.97. The number of aromatic nitrogens is 1. The van der Waals surface area contributed by atoms with Crippen molar-refractivity contribution in [3.05, 3.63) is 68.7 Å². The molecule has 5 heteroatoms. The number of nitrogens with zero attached hydrogens (tertiary/aromatic N) is 2. The van der Waals surface area contributed by atoms with E-state index in [-0.39, 0.29) is 0 Å². The quantitative estimate of drug-likeness (QED) is 0.467. The summed E-state index contributed by atoms with van der Waals surface area (Å²) in [5.41, 5.74) is 8.40. The van der Waals surface area contributed by atoms with Crippen molar-refractivity contribution in [3.63, 3.8) is 0 Å². The smallest absolute Gasteiger partial charge is 0.147 e. The molecule has 3 rings (SSSR count). The van der Waals surface area contributed by atoms with Gasteiger partial charge in [0.15, 0.2) is 0 Å². The molecule has 1 N–H and O–H groups in total. The van der Waals surface area contributed by atoms with E-state index < -0.39 is 0 Å². The van der Waals surface area contributed by atoms with E-state index in [1.807, 2.05) is 12.1 Å². The Morgan fingerprint density at radius 3 is 2.50 bits per heavy atom. The summed E-state index contributed by atoms with van der Waals surface area (Å²) in [4.78, 5) is 4.67. The van der Waals surface area contributed by atoms with Crippen LogP contribution in [0.4, 0.5) is 5.82 Å². The summed E-state index contributed by atoms with van der Waals surface area (Å²) in [7, 11) is 0. The highest BCUT2D eigenvalue weighted by molar-refractivity contribution is 6.42. The van der Waals surface area contributed by atoms with Gasteiger partial charge in [0.25, 0.3) is 0 Å². The molecule has 0 saturated heterocycles. The zero-order valence-electron chi connectivity index (χ0n) is 13.7. The first-order chi connectivity index (χ1) is 11.4. The van der Waals surface area contributed by atoms with Crippen LogP contribution in [0.25, 0.3) is 10.9 Å². The molecule has 0 aliphatic heterocycles. The molecular formula is C19H17Cl2N3. The highest BCUT2D eigenvalue weighted by Crippen LogP contribution is 2.25. The molecule has 0 amide bonds. The third-order valence-electron chi connectivity index (χ3n) is 3.79. The fraction of sp³-hybridized carbons (Fsp3) is 0.158. The third kappa shape index (κ3) is 3.53. The lowest BCUT2D eigenvalue weighted by atomic mass is 10.0. The van der Waals surface area contributed by atoms with Gasteiger partial charge >= 0.3 is 0 Å². The van der Waals surface area contributed by atoms with Crippen LogP contribution in [0.3, 0.4) is 0 Å². The van der Waals surface area contributed by atoms with Crippen LogP contribution in [-0.4, -0.2) is 11.2 Å². The zero-order valence-corrected chi connectivity index (χ0v) is 15.2. The molecule has 1 heterocycles. The zero-order chi connectivity index (χ0) is 17.3. The minimum atomic E-state index is 0.506. The standard InChI is InChI=1S/C19H17Cl2N3/c1-11-6-13(3)19-15(7-11)12(2)8-18(23-19)24-22-10-14-4-5-16(20)17(21)9-14/h4-10H,1-3H3,(H,23,24). The summed E-state index contributed by atoms with van der Waals surface area (Å²) >= 11 is 11.9. The minimum absolute atomic E-state index is 0.506. The van der Waals surface area contributed by atoms with Crippen LogP contribution in [0.15, 0.2) is 41.5 Å². The third-order valence-corrected chi connectivity index (χ3v) is 4.53. The number of pyridine rings is 1. The molecule has 0 fully saturated rings. The molecule has 2 aromatic carbocycles. The average molecular weight is 358 g/mol. The van der Waals surface area contributed by atoms with Crippen molar-refractivity contribution in [1.82, 2.24) is 4.98 Å². The number of rotatable bonds is 3. The van der Waals surface area contributed by atoms with Crippen LogP contribution in [0.2, 0.25) is 10.0 Å². The Bertz CT molecular complexity index is 949. The van der Waals surface area contributed by atoms with Gasteiger partial charge in [0.05, 0.1) is 21.8 Å². The molecule has 0 aliphatic rings. The summed E-state index contributed by atoms with van der Waals surface area (Å²) in [5, 5.41) is 6.44. The fourth-order valence-electron chi connectivity index (χ4n) is 2.67. The van der Waals surface area contributed by atoms with Crippen LogP contribution in [0, 0.1) is 20.8 Å². The Kier molecular flexibility index (Phi) is 4.74. The largest absolute Gasteiger partial charge is 0.261 e. The SMILES string of the molecule is Cc1cc(C)c2nc(NN=Cc3ccc(Cl)c(Cl)c3)cc(C)c2c1. The lowest BCUT2D eigenvalue weighted by Crippen LogP contribution is -1.97. The summed E-state index contributed by atoms with van der Waals surface area (Å²) in [6.07, 6.45) is 1.69. The molecule has 0 saturated carbocycles. The number of hydrazone groups is 1. The second kappa shape index (κ2) is 6.80. The molecule has 1 aromatic heterocycles. The summed E-state index contributed by atoms with van der Waals surface area (Å²) in [5.74, 6) is 0.711. The van der Waals surface area contributed by atoms with E-state index >= 15 is 0 Å². The first-order valence-electron chi connectivity index (χ1n) is 7.57. The minimum Gasteiger partial charge on any atom is -0.261 e. The predicted octanol–water partition coefficient (Wildman–Crippen LogP) is 5.91. The van der Waals surface area contributed by atoms with Gasteiger partial charge in [0.2, 0.25) is 0 Å². The van der Waals surface area contributed by atoms with Gasteiger partial charge in [0.1, 0.15) is 5.82 Å². The Labute approximate surface area is 151 Å². The second-order valence-electron chi connectivity index (χ2n) is 5.85. The highest BCUT2D eigenvalue weighted by Gasteiger charge is 2.06. The van der Waals surface area contributed by atoms with Gasteiger partial charge in [-0.15, -0.1) is 0 Å². The van der Waals surface area contributed by atoms with Gasteiger partial charge in [-0.2, -0.15) is 5.10 Å². The maximum atomic E-state index is 6.00. The van der Waals surface area contributed by atoms with E-state index in [1.54, 1.807) is 18.3 Å². The first kappa shape index (κ1) is 16.7. The Hall–Kier alpha value is -2.10. The number of aryl methyl sites for hydroxylation is 3. The number of fused-ring (bicyclic) bond motifs is 1. The topological polar surface area (TPSA) is 37.3 Å². The molecule has 0 unspecified atom stereocenters. The van der Waals surface area contributed by atoms with Crippen molar-refractivity contribution in [3.8, 4) is 0 Å². The van der Waals surface area contributed by atoms with Crippen LogP contribution >= 0.6 is 23.2 Å². The average Bonchev–Trinajstić information content (AvgIpc) is 2.52. The molecular weight excluding hydrogens is 341 g/mol. The van der Waals surface area contributed by atoms with Crippen molar-refractivity contribution in [2.75, 3.05) is 5.43 Å². The van der Waals surface area contributed by atoms with E-state index in [4.69, 9.17) is 23.2 Å². The maximum Gasteiger partial charge on any atom is 0.147 e. The van der Waals surface area contributed by atoms with Gasteiger partial charge in [-0.25, -0.2) is 4.98 Å².